The fourth-order valence-electron chi connectivity index (χ4n) is 1.77. The summed E-state index contributed by atoms with van der Waals surface area (Å²) in [4.78, 5) is 3.68. The van der Waals surface area contributed by atoms with Crippen molar-refractivity contribution in [1.82, 2.24) is 10.3 Å². The average molecular weight is 274 g/mol. The number of rotatable bonds is 5. The molecule has 1 atom stereocenters. The van der Waals surface area contributed by atoms with Crippen molar-refractivity contribution >= 4 is 9.84 Å². The lowest BCUT2D eigenvalue weighted by molar-refractivity contribution is 0.413. The van der Waals surface area contributed by atoms with Gasteiger partial charge in [-0.3, -0.25) is 4.98 Å². The van der Waals surface area contributed by atoms with Gasteiger partial charge in [0.05, 0.1) is 17.0 Å². The predicted molar refractivity (Wildman–Crippen MR) is 69.5 cm³/mol. The molecule has 0 aliphatic carbocycles. The highest BCUT2D eigenvalue weighted by atomic mass is 32.2. The van der Waals surface area contributed by atoms with E-state index in [9.17, 15) is 12.8 Å². The number of pyridine rings is 1. The van der Waals surface area contributed by atoms with Crippen molar-refractivity contribution in [3.63, 3.8) is 0 Å². The molecule has 0 bridgehead atoms. The van der Waals surface area contributed by atoms with Crippen LogP contribution in [0.4, 0.5) is 4.39 Å². The molecule has 6 heteroatoms. The Balaban J connectivity index is 3.32. The second-order valence-electron chi connectivity index (χ2n) is 4.76. The van der Waals surface area contributed by atoms with Crippen LogP contribution in [0.3, 0.4) is 0 Å². The first-order valence-electron chi connectivity index (χ1n) is 5.74. The number of nitrogens with zero attached hydrogens (tertiary/aromatic N) is 1. The van der Waals surface area contributed by atoms with E-state index in [0.717, 1.165) is 12.5 Å². The number of hydrogen-bond acceptors (Lipinski definition) is 4. The van der Waals surface area contributed by atoms with Crippen LogP contribution in [-0.4, -0.2) is 30.9 Å². The summed E-state index contributed by atoms with van der Waals surface area (Å²) in [6, 6.07) is 0.899. The van der Waals surface area contributed by atoms with Crippen LogP contribution in [0, 0.1) is 5.82 Å². The summed E-state index contributed by atoms with van der Waals surface area (Å²) in [5.74, 6) is -0.500. The summed E-state index contributed by atoms with van der Waals surface area (Å²) in [5, 5.41) is 3.04. The molecule has 0 aliphatic heterocycles. The second kappa shape index (κ2) is 5.32. The van der Waals surface area contributed by atoms with Crippen molar-refractivity contribution in [2.45, 2.75) is 31.6 Å². The molecule has 0 radical (unpaired) electrons. The Morgan fingerprint density at radius 2 is 2.11 bits per heavy atom. The van der Waals surface area contributed by atoms with Crippen LogP contribution < -0.4 is 5.32 Å². The van der Waals surface area contributed by atoms with E-state index in [4.69, 9.17) is 0 Å². The SMILES string of the molecule is CCNC(c1ccncc1F)C(C)(C)S(C)(=O)=O. The third-order valence-electron chi connectivity index (χ3n) is 3.17. The Morgan fingerprint density at radius 3 is 2.56 bits per heavy atom. The van der Waals surface area contributed by atoms with Crippen LogP contribution >= 0.6 is 0 Å². The van der Waals surface area contributed by atoms with Gasteiger partial charge in [-0.25, -0.2) is 12.8 Å². The van der Waals surface area contributed by atoms with Crippen molar-refractivity contribution in [2.24, 2.45) is 0 Å². The first-order valence-corrected chi connectivity index (χ1v) is 7.63. The summed E-state index contributed by atoms with van der Waals surface area (Å²) in [6.45, 7) is 5.58. The third kappa shape index (κ3) is 2.87. The minimum Gasteiger partial charge on any atom is -0.309 e. The van der Waals surface area contributed by atoms with E-state index in [0.29, 0.717) is 12.1 Å². The smallest absolute Gasteiger partial charge is 0.154 e. The third-order valence-corrected chi connectivity index (χ3v) is 5.32. The average Bonchev–Trinajstić information content (AvgIpc) is 2.25. The molecule has 0 spiro atoms. The standard InChI is InChI=1S/C12H19FN2O2S/c1-5-15-11(12(2,3)18(4,16)17)9-6-7-14-8-10(9)13/h6-8,11,15H,5H2,1-4H3. The van der Waals surface area contributed by atoms with Gasteiger partial charge >= 0.3 is 0 Å². The van der Waals surface area contributed by atoms with Gasteiger partial charge in [-0.15, -0.1) is 0 Å². The van der Waals surface area contributed by atoms with E-state index < -0.39 is 26.4 Å². The Bertz CT molecular complexity index is 515. The van der Waals surface area contributed by atoms with E-state index in [1.165, 1.54) is 12.3 Å². The predicted octanol–water partition coefficient (Wildman–Crippen LogP) is 1.69. The Morgan fingerprint density at radius 1 is 1.50 bits per heavy atom. The first kappa shape index (κ1) is 15.0. The molecule has 0 aliphatic rings. The molecule has 0 aromatic carbocycles. The molecule has 4 nitrogen and oxygen atoms in total. The van der Waals surface area contributed by atoms with Gasteiger partial charge in [0.25, 0.3) is 0 Å². The maximum atomic E-state index is 13.8. The van der Waals surface area contributed by atoms with Gasteiger partial charge in [0.1, 0.15) is 5.82 Å². The monoisotopic (exact) mass is 274 g/mol. The van der Waals surface area contributed by atoms with Crippen molar-refractivity contribution in [2.75, 3.05) is 12.8 Å². The van der Waals surface area contributed by atoms with E-state index >= 15 is 0 Å². The van der Waals surface area contributed by atoms with Crippen LogP contribution in [0.2, 0.25) is 0 Å². The topological polar surface area (TPSA) is 59.1 Å². The molecule has 1 unspecified atom stereocenters. The van der Waals surface area contributed by atoms with Crippen molar-refractivity contribution in [3.05, 3.63) is 29.8 Å². The van der Waals surface area contributed by atoms with Crippen LogP contribution in [0.15, 0.2) is 18.5 Å². The molecule has 18 heavy (non-hydrogen) atoms. The zero-order chi connectivity index (χ0) is 14.0. The highest BCUT2D eigenvalue weighted by molar-refractivity contribution is 7.92. The largest absolute Gasteiger partial charge is 0.309 e. The molecule has 1 rings (SSSR count). The number of sulfone groups is 1. The second-order valence-corrected chi connectivity index (χ2v) is 7.36. The molecule has 1 N–H and O–H groups in total. The van der Waals surface area contributed by atoms with Crippen molar-refractivity contribution in [3.8, 4) is 0 Å². The van der Waals surface area contributed by atoms with Crippen molar-refractivity contribution in [1.29, 1.82) is 0 Å². The van der Waals surface area contributed by atoms with Crippen LogP contribution in [0.25, 0.3) is 0 Å². The Hall–Kier alpha value is -1.01. The zero-order valence-electron chi connectivity index (χ0n) is 11.1. The fraction of sp³-hybridized carbons (Fsp3) is 0.583. The van der Waals surface area contributed by atoms with Gasteiger partial charge < -0.3 is 5.32 Å². The number of hydrogen-bond donors (Lipinski definition) is 1. The Labute approximate surface area is 108 Å². The van der Waals surface area contributed by atoms with E-state index in [-0.39, 0.29) is 0 Å². The van der Waals surface area contributed by atoms with Gasteiger partial charge in [-0.1, -0.05) is 6.92 Å². The summed E-state index contributed by atoms with van der Waals surface area (Å²) >= 11 is 0. The number of nitrogens with one attached hydrogen (secondary N) is 1. The fourth-order valence-corrected chi connectivity index (χ4v) is 2.41. The molecule has 1 heterocycles. The highest BCUT2D eigenvalue weighted by Crippen LogP contribution is 2.33. The van der Waals surface area contributed by atoms with Crippen LogP contribution in [0.5, 0.6) is 0 Å². The summed E-state index contributed by atoms with van der Waals surface area (Å²) in [5.41, 5.74) is 0.322. The lowest BCUT2D eigenvalue weighted by atomic mass is 9.95. The van der Waals surface area contributed by atoms with E-state index in [1.54, 1.807) is 13.8 Å². The minimum atomic E-state index is -3.34. The molecular weight excluding hydrogens is 255 g/mol. The number of aromatic nitrogens is 1. The zero-order valence-corrected chi connectivity index (χ0v) is 11.9. The number of halogens is 1. The van der Waals surface area contributed by atoms with Crippen molar-refractivity contribution < 1.29 is 12.8 Å². The molecule has 102 valence electrons. The molecule has 1 aromatic rings. The quantitative estimate of drug-likeness (QED) is 0.887. The summed E-state index contributed by atoms with van der Waals surface area (Å²) < 4.78 is 36.4. The molecule has 1 aromatic heterocycles. The maximum Gasteiger partial charge on any atom is 0.154 e. The molecule has 0 fully saturated rings. The van der Waals surface area contributed by atoms with Gasteiger partial charge in [0, 0.05) is 18.0 Å². The lowest BCUT2D eigenvalue weighted by Gasteiger charge is -2.33. The summed E-state index contributed by atoms with van der Waals surface area (Å²) in [7, 11) is -3.34. The van der Waals surface area contributed by atoms with Gasteiger partial charge in [-0.2, -0.15) is 0 Å². The van der Waals surface area contributed by atoms with Crippen LogP contribution in [-0.2, 0) is 9.84 Å². The molecular formula is C12H19FN2O2S. The van der Waals surface area contributed by atoms with Gasteiger partial charge in [0.15, 0.2) is 9.84 Å². The Kier molecular flexibility index (Phi) is 4.45. The lowest BCUT2D eigenvalue weighted by Crippen LogP contribution is -2.45. The minimum absolute atomic E-state index is 0.322. The maximum absolute atomic E-state index is 13.8. The highest BCUT2D eigenvalue weighted by Gasteiger charge is 2.40. The summed E-state index contributed by atoms with van der Waals surface area (Å²) in [6.07, 6.45) is 3.72. The molecule has 0 saturated heterocycles. The van der Waals surface area contributed by atoms with Gasteiger partial charge in [0.2, 0.25) is 0 Å². The van der Waals surface area contributed by atoms with Crippen LogP contribution in [0.1, 0.15) is 32.4 Å². The molecule has 0 amide bonds. The van der Waals surface area contributed by atoms with E-state index in [2.05, 4.69) is 10.3 Å². The first-order chi connectivity index (χ1) is 8.21. The van der Waals surface area contributed by atoms with E-state index in [1.807, 2.05) is 6.92 Å². The van der Waals surface area contributed by atoms with Gasteiger partial charge in [-0.05, 0) is 26.5 Å². The normalized spacial score (nSPS) is 14.5. The molecule has 0 saturated carbocycles.